The van der Waals surface area contributed by atoms with E-state index in [9.17, 15) is 15.3 Å². The first-order valence-electron chi connectivity index (χ1n) is 3.28. The molecule has 0 aromatic rings. The minimum Gasteiger partial charge on any atom is -0.626 e. The maximum Gasteiger partial charge on any atom is 0.296 e. The first kappa shape index (κ1) is 8.69. The smallest absolute Gasteiger partial charge is 0.296 e. The molecule has 66 valence electrons. The molecule has 1 aliphatic rings. The normalized spacial score (nSPS) is 22.7. The van der Waals surface area contributed by atoms with Crippen LogP contribution in [-0.2, 0) is 4.74 Å². The van der Waals surface area contributed by atoms with Crippen molar-refractivity contribution in [3.63, 3.8) is 0 Å². The fourth-order valence-corrected chi connectivity index (χ4v) is 0.872. The van der Waals surface area contributed by atoms with Crippen LogP contribution in [0.1, 0.15) is 0 Å². The third-order valence-corrected chi connectivity index (χ3v) is 1.48. The molecule has 6 nitrogen and oxygen atoms in total. The average molecular weight is 172 g/mol. The number of rotatable bonds is 2. The minimum absolute atomic E-state index is 0.0377. The monoisotopic (exact) mass is 172 g/mol. The van der Waals surface area contributed by atoms with E-state index in [1.807, 2.05) is 0 Å². The molecule has 0 fully saturated rings. The van der Waals surface area contributed by atoms with Crippen LogP contribution >= 0.6 is 0 Å². The van der Waals surface area contributed by atoms with Gasteiger partial charge in [-0.15, -0.1) is 0 Å². The Balaban J connectivity index is 2.84. The van der Waals surface area contributed by atoms with Crippen LogP contribution in [0.2, 0.25) is 0 Å². The lowest BCUT2D eigenvalue weighted by atomic mass is 10.3. The second-order valence-electron chi connectivity index (χ2n) is 2.23. The summed E-state index contributed by atoms with van der Waals surface area (Å²) in [5.74, 6) is 0.0456. The lowest BCUT2D eigenvalue weighted by Gasteiger charge is -2.22. The van der Waals surface area contributed by atoms with Crippen molar-refractivity contribution in [1.82, 2.24) is 0 Å². The maximum atomic E-state index is 10.9. The Morgan fingerprint density at radius 2 is 2.42 bits per heavy atom. The van der Waals surface area contributed by atoms with Crippen molar-refractivity contribution in [2.45, 2.75) is 0 Å². The molecule has 1 atom stereocenters. The number of nitrogens with one attached hydrogen (secondary N) is 1. The van der Waals surface area contributed by atoms with Crippen LogP contribution in [0, 0.1) is 15.3 Å². The molecule has 0 amide bonds. The largest absolute Gasteiger partial charge is 0.626 e. The van der Waals surface area contributed by atoms with Gasteiger partial charge in [0.2, 0.25) is 0 Å². The predicted octanol–water partition coefficient (Wildman–Crippen LogP) is -0.969. The lowest BCUT2D eigenvalue weighted by molar-refractivity contribution is -0.819. The predicted molar refractivity (Wildman–Crippen MR) is 39.4 cm³/mol. The molecule has 1 heterocycles. The Labute approximate surface area is 68.5 Å². The summed E-state index contributed by atoms with van der Waals surface area (Å²) in [6, 6.07) is 0. The highest BCUT2D eigenvalue weighted by atomic mass is 16.6. The molecule has 0 aliphatic carbocycles. The zero-order valence-electron chi connectivity index (χ0n) is 6.44. The van der Waals surface area contributed by atoms with Gasteiger partial charge in [0, 0.05) is 6.08 Å². The van der Waals surface area contributed by atoms with E-state index >= 15 is 0 Å². The summed E-state index contributed by atoms with van der Waals surface area (Å²) in [4.78, 5) is 9.70. The topological polar surface area (TPSA) is 79.9 Å². The third kappa shape index (κ3) is 1.60. The maximum absolute atomic E-state index is 10.9. The number of methoxy groups -OCH3 is 1. The molecule has 0 saturated carbocycles. The Morgan fingerprint density at radius 3 is 2.92 bits per heavy atom. The number of nitrogens with zero attached hydrogens (tertiary/aromatic N) is 1. The number of hydrogen-bond acceptors (Lipinski definition) is 4. The summed E-state index contributed by atoms with van der Waals surface area (Å²) in [5.41, 5.74) is -0.0912. The van der Waals surface area contributed by atoms with Crippen molar-refractivity contribution < 1.29 is 14.7 Å². The highest BCUT2D eigenvalue weighted by Gasteiger charge is 2.19. The van der Waals surface area contributed by atoms with Gasteiger partial charge in [-0.25, -0.2) is 0 Å². The van der Waals surface area contributed by atoms with Crippen molar-refractivity contribution in [3.05, 3.63) is 39.1 Å². The standard InChI is InChI=1S/C6H8N2O4/c1-12-6-4-5(8(10)11)2-3-7(6)9/h2,4,7H,3H2,1H3. The Hall–Kier alpha value is -1.40. The van der Waals surface area contributed by atoms with E-state index in [4.69, 9.17) is 0 Å². The second kappa shape index (κ2) is 3.33. The number of allylic oxidation sites excluding steroid dienone is 1. The molecule has 1 N–H and O–H groups in total. The first-order valence-corrected chi connectivity index (χ1v) is 3.28. The van der Waals surface area contributed by atoms with Crippen molar-refractivity contribution in [2.75, 3.05) is 13.7 Å². The van der Waals surface area contributed by atoms with Gasteiger partial charge >= 0.3 is 0 Å². The fourth-order valence-electron chi connectivity index (χ4n) is 0.872. The molecule has 12 heavy (non-hydrogen) atoms. The Morgan fingerprint density at radius 1 is 1.75 bits per heavy atom. The zero-order valence-corrected chi connectivity index (χ0v) is 6.44. The molecule has 0 radical (unpaired) electrons. The Kier molecular flexibility index (Phi) is 2.41. The molecule has 0 bridgehead atoms. The van der Waals surface area contributed by atoms with E-state index in [0.29, 0.717) is 0 Å². The summed E-state index contributed by atoms with van der Waals surface area (Å²) in [7, 11) is 1.31. The molecule has 0 aromatic carbocycles. The highest BCUT2D eigenvalue weighted by molar-refractivity contribution is 5.14. The van der Waals surface area contributed by atoms with E-state index in [2.05, 4.69) is 4.74 Å². The number of quaternary nitrogens is 1. The van der Waals surface area contributed by atoms with Crippen molar-refractivity contribution in [2.24, 2.45) is 0 Å². The van der Waals surface area contributed by atoms with Crippen LogP contribution in [0.5, 0.6) is 0 Å². The van der Waals surface area contributed by atoms with Crippen LogP contribution in [0.3, 0.4) is 0 Å². The van der Waals surface area contributed by atoms with E-state index in [1.54, 1.807) is 0 Å². The van der Waals surface area contributed by atoms with Gasteiger partial charge in [-0.3, -0.25) is 10.1 Å². The number of nitro groups is 1. The highest BCUT2D eigenvalue weighted by Crippen LogP contribution is 2.02. The lowest BCUT2D eigenvalue weighted by Crippen LogP contribution is -3.05. The van der Waals surface area contributed by atoms with Crippen LogP contribution in [0.15, 0.2) is 23.7 Å². The van der Waals surface area contributed by atoms with Crippen LogP contribution < -0.4 is 5.06 Å². The van der Waals surface area contributed by atoms with E-state index in [-0.39, 0.29) is 23.2 Å². The van der Waals surface area contributed by atoms with Gasteiger partial charge in [-0.1, -0.05) is 0 Å². The van der Waals surface area contributed by atoms with E-state index in [0.717, 1.165) is 6.08 Å². The van der Waals surface area contributed by atoms with Gasteiger partial charge in [0.15, 0.2) is 0 Å². The first-order chi connectivity index (χ1) is 5.65. The van der Waals surface area contributed by atoms with Crippen molar-refractivity contribution in [3.8, 4) is 0 Å². The molecule has 1 rings (SSSR count). The fraction of sp³-hybridized carbons (Fsp3) is 0.333. The average Bonchev–Trinajstić information content (AvgIpc) is 2.05. The van der Waals surface area contributed by atoms with Gasteiger partial charge in [-0.05, 0) is 0 Å². The minimum atomic E-state index is -0.550. The van der Waals surface area contributed by atoms with Gasteiger partial charge in [-0.2, -0.15) is 0 Å². The molecular weight excluding hydrogens is 164 g/mol. The van der Waals surface area contributed by atoms with Gasteiger partial charge in [0.25, 0.3) is 11.6 Å². The van der Waals surface area contributed by atoms with E-state index in [1.165, 1.54) is 13.2 Å². The summed E-state index contributed by atoms with van der Waals surface area (Å²) in [5, 5.41) is 20.9. The number of hydrogen-bond donors (Lipinski definition) is 1. The molecule has 0 spiro atoms. The molecule has 1 aliphatic heterocycles. The zero-order chi connectivity index (χ0) is 9.14. The van der Waals surface area contributed by atoms with Gasteiger partial charge in [0.05, 0.1) is 12.0 Å². The molecule has 1 unspecified atom stereocenters. The van der Waals surface area contributed by atoms with Crippen molar-refractivity contribution in [1.29, 1.82) is 0 Å². The number of ether oxygens (including phenoxy) is 1. The third-order valence-electron chi connectivity index (χ3n) is 1.48. The number of hydroxylamine groups is 2. The molecular formula is C6H8N2O4. The van der Waals surface area contributed by atoms with Crippen LogP contribution in [-0.4, -0.2) is 18.6 Å². The van der Waals surface area contributed by atoms with Crippen LogP contribution in [0.4, 0.5) is 0 Å². The second-order valence-corrected chi connectivity index (χ2v) is 2.23. The van der Waals surface area contributed by atoms with E-state index < -0.39 is 4.92 Å². The summed E-state index contributed by atoms with van der Waals surface area (Å²) in [6.45, 7) is 0.0377. The van der Waals surface area contributed by atoms with Crippen molar-refractivity contribution >= 4 is 0 Å². The van der Waals surface area contributed by atoms with Crippen LogP contribution in [0.25, 0.3) is 0 Å². The SMILES string of the molecule is COC1=CC([N+](=O)[O-])=CC[NH+]1[O-]. The summed E-state index contributed by atoms with van der Waals surface area (Å²) < 4.78 is 4.65. The molecule has 6 heteroatoms. The molecule has 0 saturated heterocycles. The van der Waals surface area contributed by atoms with Gasteiger partial charge in [0.1, 0.15) is 12.6 Å². The van der Waals surface area contributed by atoms with Gasteiger partial charge < -0.3 is 15.0 Å². The Bertz CT molecular complexity index is 258. The summed E-state index contributed by atoms with van der Waals surface area (Å²) in [6.07, 6.45) is 2.40. The molecule has 0 aromatic heterocycles. The summed E-state index contributed by atoms with van der Waals surface area (Å²) >= 11 is 0. The quantitative estimate of drug-likeness (QED) is 0.330.